The largest absolute Gasteiger partial charge is 0.573 e. The number of carboxylic acids is 1. The topological polar surface area (TPSA) is 140 Å². The van der Waals surface area contributed by atoms with Gasteiger partial charge in [-0.15, -0.1) is 13.2 Å². The van der Waals surface area contributed by atoms with E-state index in [4.69, 9.17) is 19.4 Å². The molecule has 0 aromatic heterocycles. The molecular formula is C33H29F3N2O8S. The minimum absolute atomic E-state index is 0.00540. The number of alkyl halides is 3. The van der Waals surface area contributed by atoms with Gasteiger partial charge in [0.05, 0.1) is 17.4 Å². The SMILES string of the molecule is O=C(Nc1ccccc1C(=O)O)c1ccc(Oc2ccc(OC3CCC(NSc4ccc(OC(F)(F)F)cc4)CC3)cc2)cc1.O=O. The molecule has 0 heterocycles. The Morgan fingerprint density at radius 2 is 1.30 bits per heavy atom. The number of ether oxygens (including phenoxy) is 3. The van der Waals surface area contributed by atoms with Crippen LogP contribution >= 0.6 is 11.9 Å². The van der Waals surface area contributed by atoms with Crippen molar-refractivity contribution >= 4 is 29.5 Å². The average molecular weight is 671 g/mol. The highest BCUT2D eigenvalue weighted by atomic mass is 32.2. The number of halogens is 3. The van der Waals surface area contributed by atoms with Crippen LogP contribution in [-0.2, 0) is 0 Å². The molecule has 5 rings (SSSR count). The zero-order valence-electron chi connectivity index (χ0n) is 24.6. The molecule has 0 bridgehead atoms. The fraction of sp³-hybridized carbons (Fsp3) is 0.212. The molecule has 1 fully saturated rings. The van der Waals surface area contributed by atoms with Gasteiger partial charge >= 0.3 is 12.3 Å². The number of para-hydroxylation sites is 1. The third-order valence-electron chi connectivity index (χ3n) is 6.96. The lowest BCUT2D eigenvalue weighted by molar-refractivity contribution is -0.274. The molecule has 0 unspecified atom stereocenters. The summed E-state index contributed by atoms with van der Waals surface area (Å²) in [5.41, 5.74) is 0.571. The number of nitrogens with one attached hydrogen (secondary N) is 2. The molecule has 47 heavy (non-hydrogen) atoms. The molecule has 3 N–H and O–H groups in total. The van der Waals surface area contributed by atoms with Gasteiger partial charge in [-0.25, -0.2) is 4.79 Å². The van der Waals surface area contributed by atoms with Crippen LogP contribution in [0.4, 0.5) is 18.9 Å². The van der Waals surface area contributed by atoms with Gasteiger partial charge in [0.15, 0.2) is 0 Å². The van der Waals surface area contributed by atoms with Crippen LogP contribution in [0.25, 0.3) is 0 Å². The molecular weight excluding hydrogens is 641 g/mol. The van der Waals surface area contributed by atoms with Crippen molar-refractivity contribution in [3.63, 3.8) is 0 Å². The number of carboxylic acid groups (broad SMARTS) is 1. The summed E-state index contributed by atoms with van der Waals surface area (Å²) in [6.07, 6.45) is -1.13. The van der Waals surface area contributed by atoms with Gasteiger partial charge in [0, 0.05) is 26.4 Å². The van der Waals surface area contributed by atoms with Crippen molar-refractivity contribution in [1.82, 2.24) is 4.72 Å². The van der Waals surface area contributed by atoms with E-state index in [1.807, 2.05) is 12.1 Å². The van der Waals surface area contributed by atoms with Gasteiger partial charge in [-0.1, -0.05) is 12.1 Å². The summed E-state index contributed by atoms with van der Waals surface area (Å²) >= 11 is 1.38. The maximum atomic E-state index is 12.6. The maximum absolute atomic E-state index is 12.6. The van der Waals surface area contributed by atoms with E-state index in [-0.39, 0.29) is 29.1 Å². The van der Waals surface area contributed by atoms with Crippen LogP contribution in [-0.4, -0.2) is 35.5 Å². The number of carbonyl (C=O) groups excluding carboxylic acids is 1. The number of carbonyl (C=O) groups is 2. The zero-order chi connectivity index (χ0) is 33.8. The normalized spacial score (nSPS) is 15.8. The number of amides is 1. The van der Waals surface area contributed by atoms with E-state index >= 15 is 0 Å². The van der Waals surface area contributed by atoms with Crippen molar-refractivity contribution in [3.8, 4) is 23.0 Å². The van der Waals surface area contributed by atoms with Gasteiger partial charge in [-0.2, -0.15) is 0 Å². The molecule has 1 aliphatic carbocycles. The van der Waals surface area contributed by atoms with E-state index in [9.17, 15) is 27.9 Å². The number of hydrogen-bond acceptors (Lipinski definition) is 9. The van der Waals surface area contributed by atoms with E-state index in [1.165, 1.54) is 36.2 Å². The Labute approximate surface area is 271 Å². The van der Waals surface area contributed by atoms with Crippen molar-refractivity contribution < 1.29 is 42.1 Å². The van der Waals surface area contributed by atoms with E-state index in [1.54, 1.807) is 60.7 Å². The highest BCUT2D eigenvalue weighted by Crippen LogP contribution is 2.30. The van der Waals surface area contributed by atoms with Crippen LogP contribution in [0.15, 0.2) is 102 Å². The molecule has 1 aliphatic rings. The first-order chi connectivity index (χ1) is 22.6. The van der Waals surface area contributed by atoms with Crippen molar-refractivity contribution in [2.75, 3.05) is 5.32 Å². The van der Waals surface area contributed by atoms with Crippen LogP contribution in [0, 0.1) is 9.93 Å². The predicted molar refractivity (Wildman–Crippen MR) is 170 cm³/mol. The smallest absolute Gasteiger partial charge is 0.490 e. The Morgan fingerprint density at radius 1 is 0.745 bits per heavy atom. The molecule has 1 saturated carbocycles. The number of benzene rings is 4. The fourth-order valence-electron chi connectivity index (χ4n) is 4.72. The first-order valence-corrected chi connectivity index (χ1v) is 15.1. The van der Waals surface area contributed by atoms with Crippen molar-refractivity contribution in [1.29, 1.82) is 0 Å². The quantitative estimate of drug-likeness (QED) is 0.133. The van der Waals surface area contributed by atoms with Crippen LogP contribution in [0.2, 0.25) is 0 Å². The molecule has 4 aromatic carbocycles. The van der Waals surface area contributed by atoms with Gasteiger partial charge in [-0.3, -0.25) is 9.52 Å². The molecule has 10 nitrogen and oxygen atoms in total. The summed E-state index contributed by atoms with van der Waals surface area (Å²) in [5.74, 6) is 0.0369. The number of rotatable bonds is 11. The molecule has 0 saturated heterocycles. The first-order valence-electron chi connectivity index (χ1n) is 14.2. The number of aromatic carboxylic acids is 1. The Kier molecular flexibility index (Phi) is 12.2. The van der Waals surface area contributed by atoms with E-state index in [2.05, 4.69) is 14.8 Å². The van der Waals surface area contributed by atoms with Gasteiger partial charge in [0.25, 0.3) is 5.91 Å². The van der Waals surface area contributed by atoms with Gasteiger partial charge < -0.3 is 24.6 Å². The predicted octanol–water partition coefficient (Wildman–Crippen LogP) is 8.38. The molecule has 1 amide bonds. The Bertz CT molecular complexity index is 1610. The van der Waals surface area contributed by atoms with E-state index in [0.29, 0.717) is 17.1 Å². The van der Waals surface area contributed by atoms with Crippen molar-refractivity contribution in [2.24, 2.45) is 0 Å². The molecule has 4 aromatic rings. The number of anilines is 1. The standard InChI is InChI=1S/C33H29F3N2O6S.O2/c34-33(35,36)44-27-17-19-28(20-18-27)45-38-22-7-11-24(12-8-22)43-26-15-13-25(14-16-26)42-23-9-5-21(6-10-23)31(39)37-30-4-2-1-3-29(30)32(40)41;1-2/h1-6,9-10,13-20,22,24,38H,7-8,11-12H2,(H,37,39)(H,40,41);. The lowest BCUT2D eigenvalue weighted by Gasteiger charge is -2.29. The molecule has 246 valence electrons. The lowest BCUT2D eigenvalue weighted by Crippen LogP contribution is -2.33. The van der Waals surface area contributed by atoms with E-state index < -0.39 is 18.2 Å². The molecule has 0 aliphatic heterocycles. The minimum Gasteiger partial charge on any atom is -0.490 e. The Balaban J connectivity index is 0.00000245. The summed E-state index contributed by atoms with van der Waals surface area (Å²) < 4.78 is 56.3. The highest BCUT2D eigenvalue weighted by molar-refractivity contribution is 7.97. The molecule has 0 radical (unpaired) electrons. The van der Waals surface area contributed by atoms with Crippen molar-refractivity contribution in [3.05, 3.63) is 118 Å². The Hall–Kier alpha value is -5.08. The summed E-state index contributed by atoms with van der Waals surface area (Å²) in [4.78, 5) is 38.8. The average Bonchev–Trinajstić information content (AvgIpc) is 3.07. The summed E-state index contributed by atoms with van der Waals surface area (Å²) in [5, 5.41) is 11.9. The lowest BCUT2D eigenvalue weighted by atomic mass is 9.94. The minimum atomic E-state index is -4.71. The van der Waals surface area contributed by atoms with E-state index in [0.717, 1.165) is 36.3 Å². The second-order valence-corrected chi connectivity index (χ2v) is 11.1. The maximum Gasteiger partial charge on any atom is 0.573 e. The second-order valence-electron chi connectivity index (χ2n) is 10.2. The molecule has 0 atom stereocenters. The second kappa shape index (κ2) is 16.5. The molecule has 0 spiro atoms. The zero-order valence-corrected chi connectivity index (χ0v) is 25.4. The highest BCUT2D eigenvalue weighted by Gasteiger charge is 2.31. The summed E-state index contributed by atoms with van der Waals surface area (Å²) in [6.45, 7) is 0. The van der Waals surface area contributed by atoms with Crippen LogP contribution in [0.5, 0.6) is 23.0 Å². The van der Waals surface area contributed by atoms with Gasteiger partial charge in [0.2, 0.25) is 0 Å². The van der Waals surface area contributed by atoms with Crippen LogP contribution in [0.1, 0.15) is 46.4 Å². The monoisotopic (exact) mass is 670 g/mol. The van der Waals surface area contributed by atoms with Gasteiger partial charge in [-0.05, 0) is 123 Å². The third-order valence-corrected chi connectivity index (χ3v) is 7.92. The van der Waals surface area contributed by atoms with Crippen LogP contribution in [0.3, 0.4) is 0 Å². The summed E-state index contributed by atoms with van der Waals surface area (Å²) in [7, 11) is 0. The summed E-state index contributed by atoms with van der Waals surface area (Å²) in [6, 6.07) is 26.0. The fourth-order valence-corrected chi connectivity index (χ4v) is 5.53. The van der Waals surface area contributed by atoms with Gasteiger partial charge in [0.1, 0.15) is 23.0 Å². The number of hydrogen-bond donors (Lipinski definition) is 3. The first kappa shape index (κ1) is 34.8. The van der Waals surface area contributed by atoms with Crippen molar-refractivity contribution in [2.45, 2.75) is 49.1 Å². The van der Waals surface area contributed by atoms with Crippen LogP contribution < -0.4 is 24.2 Å². The Morgan fingerprint density at radius 3 is 1.89 bits per heavy atom. The third kappa shape index (κ3) is 10.8. The molecule has 14 heteroatoms.